The zero-order valence-electron chi connectivity index (χ0n) is 17.7. The molecule has 0 saturated heterocycles. The van der Waals surface area contributed by atoms with Gasteiger partial charge in [0.15, 0.2) is 5.82 Å². The summed E-state index contributed by atoms with van der Waals surface area (Å²) in [5, 5.41) is 3.44. The molecule has 7 heteroatoms. The number of halogens is 1. The molecule has 1 aromatic carbocycles. The Morgan fingerprint density at radius 3 is 2.43 bits per heavy atom. The van der Waals surface area contributed by atoms with E-state index in [2.05, 4.69) is 19.2 Å². The number of benzene rings is 1. The number of nitrogens with zero attached hydrogens (tertiary/aromatic N) is 2. The van der Waals surface area contributed by atoms with Crippen molar-refractivity contribution in [3.8, 4) is 10.7 Å². The van der Waals surface area contributed by atoms with Crippen molar-refractivity contribution in [2.24, 2.45) is 0 Å². The van der Waals surface area contributed by atoms with Crippen molar-refractivity contribution in [3.63, 3.8) is 0 Å². The number of anilines is 2. The first-order valence-electron chi connectivity index (χ1n) is 10.1. The summed E-state index contributed by atoms with van der Waals surface area (Å²) in [7, 11) is 0. The first-order valence-corrected chi connectivity index (χ1v) is 11.3. The van der Waals surface area contributed by atoms with Gasteiger partial charge < -0.3 is 10.1 Å². The number of nitrogens with one attached hydrogen (secondary N) is 1. The fourth-order valence-corrected chi connectivity index (χ4v) is 4.33. The molecule has 0 aliphatic rings. The summed E-state index contributed by atoms with van der Waals surface area (Å²) in [5.41, 5.74) is 4.99. The van der Waals surface area contributed by atoms with Crippen molar-refractivity contribution in [1.29, 1.82) is 0 Å². The highest BCUT2D eigenvalue weighted by Gasteiger charge is 2.16. The number of hydrogen-bond acceptors (Lipinski definition) is 6. The Bertz CT molecular complexity index is 1010. The molecular weight excluding hydrogens is 418 g/mol. The number of hydrogen-bond donors (Lipinski definition) is 1. The minimum Gasteiger partial charge on any atom is -0.466 e. The quantitative estimate of drug-likeness (QED) is 0.423. The zero-order valence-corrected chi connectivity index (χ0v) is 19.3. The molecule has 0 spiro atoms. The molecule has 0 aliphatic carbocycles. The Hall–Kier alpha value is -2.44. The normalized spacial score (nSPS) is 10.8. The van der Waals surface area contributed by atoms with Crippen LogP contribution in [0.5, 0.6) is 0 Å². The summed E-state index contributed by atoms with van der Waals surface area (Å²) in [6, 6.07) is 9.79. The van der Waals surface area contributed by atoms with Gasteiger partial charge in [-0.25, -0.2) is 9.97 Å². The summed E-state index contributed by atoms with van der Waals surface area (Å²) < 4.78 is 5.77. The number of aromatic nitrogens is 2. The van der Waals surface area contributed by atoms with Gasteiger partial charge in [0.2, 0.25) is 0 Å². The molecule has 0 aliphatic heterocycles. The maximum atomic E-state index is 11.7. The monoisotopic (exact) mass is 443 g/mol. The molecule has 0 radical (unpaired) electrons. The lowest BCUT2D eigenvalue weighted by molar-refractivity contribution is -0.142. The molecule has 2 aromatic heterocycles. The summed E-state index contributed by atoms with van der Waals surface area (Å²) in [6.07, 6.45) is 1.92. The van der Waals surface area contributed by atoms with Gasteiger partial charge in [0, 0.05) is 16.9 Å². The summed E-state index contributed by atoms with van der Waals surface area (Å²) in [4.78, 5) is 22.3. The van der Waals surface area contributed by atoms with Gasteiger partial charge in [-0.2, -0.15) is 0 Å². The lowest BCUT2D eigenvalue weighted by atomic mass is 10.1. The van der Waals surface area contributed by atoms with E-state index in [1.165, 1.54) is 11.3 Å². The second-order valence-electron chi connectivity index (χ2n) is 6.90. The van der Waals surface area contributed by atoms with E-state index in [-0.39, 0.29) is 12.4 Å². The van der Waals surface area contributed by atoms with Crippen molar-refractivity contribution in [3.05, 3.63) is 57.1 Å². The zero-order chi connectivity index (χ0) is 21.7. The second kappa shape index (κ2) is 10.0. The van der Waals surface area contributed by atoms with Gasteiger partial charge in [-0.1, -0.05) is 37.6 Å². The maximum Gasteiger partial charge on any atom is 0.310 e. The van der Waals surface area contributed by atoms with E-state index in [1.54, 1.807) is 0 Å². The summed E-state index contributed by atoms with van der Waals surface area (Å²) >= 11 is 7.76. The molecule has 5 nitrogen and oxygen atoms in total. The Kier molecular flexibility index (Phi) is 7.45. The lowest BCUT2D eigenvalue weighted by Crippen LogP contribution is -2.08. The molecule has 3 aromatic rings. The van der Waals surface area contributed by atoms with Crippen molar-refractivity contribution in [1.82, 2.24) is 9.97 Å². The van der Waals surface area contributed by atoms with E-state index >= 15 is 0 Å². The van der Waals surface area contributed by atoms with Crippen LogP contribution in [0.2, 0.25) is 4.34 Å². The predicted molar refractivity (Wildman–Crippen MR) is 124 cm³/mol. The van der Waals surface area contributed by atoms with E-state index in [1.807, 2.05) is 44.2 Å². The van der Waals surface area contributed by atoms with Crippen LogP contribution in [0, 0.1) is 6.92 Å². The third-order valence-electron chi connectivity index (χ3n) is 4.73. The molecule has 30 heavy (non-hydrogen) atoms. The average Bonchev–Trinajstić information content (AvgIpc) is 3.07. The number of esters is 1. The van der Waals surface area contributed by atoms with E-state index in [0.29, 0.717) is 12.4 Å². The molecule has 3 rings (SSSR count). The minimum absolute atomic E-state index is 0.218. The van der Waals surface area contributed by atoms with Crippen LogP contribution in [0.25, 0.3) is 10.7 Å². The fraction of sp³-hybridized carbons (Fsp3) is 0.348. The van der Waals surface area contributed by atoms with Crippen LogP contribution in [0.1, 0.15) is 43.2 Å². The summed E-state index contributed by atoms with van der Waals surface area (Å²) in [5.74, 6) is 1.27. The second-order valence-corrected chi connectivity index (χ2v) is 8.55. The van der Waals surface area contributed by atoms with Gasteiger partial charge in [-0.3, -0.25) is 4.79 Å². The number of carbonyl (C=O) groups is 1. The standard InChI is InChI=1S/C23H26ClN3O2S/c1-5-17-18(6-2)26-23(19-12-14(4)21(24)30-19)27-22(17)25-16-10-8-15(9-11-16)13-20(28)29-7-3/h8-12H,5-7,13H2,1-4H3,(H,25,26,27). The highest BCUT2D eigenvalue weighted by atomic mass is 35.5. The van der Waals surface area contributed by atoms with Gasteiger partial charge in [0.1, 0.15) is 5.82 Å². The van der Waals surface area contributed by atoms with Crippen molar-refractivity contribution >= 4 is 40.4 Å². The van der Waals surface area contributed by atoms with Gasteiger partial charge in [-0.15, -0.1) is 11.3 Å². The number of rotatable bonds is 8. The third-order valence-corrected chi connectivity index (χ3v) is 6.28. The topological polar surface area (TPSA) is 64.1 Å². The molecule has 0 atom stereocenters. The molecule has 0 unspecified atom stereocenters. The fourth-order valence-electron chi connectivity index (χ4n) is 3.20. The van der Waals surface area contributed by atoms with Crippen molar-refractivity contribution < 1.29 is 9.53 Å². The average molecular weight is 444 g/mol. The van der Waals surface area contributed by atoms with Crippen LogP contribution in [0.15, 0.2) is 30.3 Å². The van der Waals surface area contributed by atoms with Crippen LogP contribution in [0.4, 0.5) is 11.5 Å². The van der Waals surface area contributed by atoms with Crippen LogP contribution in [-0.4, -0.2) is 22.5 Å². The van der Waals surface area contributed by atoms with E-state index < -0.39 is 0 Å². The van der Waals surface area contributed by atoms with Crippen molar-refractivity contribution in [2.75, 3.05) is 11.9 Å². The van der Waals surface area contributed by atoms with Gasteiger partial charge >= 0.3 is 5.97 Å². The molecular formula is C23H26ClN3O2S. The summed E-state index contributed by atoms with van der Waals surface area (Å²) in [6.45, 7) is 8.40. The highest BCUT2D eigenvalue weighted by molar-refractivity contribution is 7.19. The Morgan fingerprint density at radius 2 is 1.87 bits per heavy atom. The van der Waals surface area contributed by atoms with Crippen LogP contribution in [-0.2, 0) is 28.8 Å². The lowest BCUT2D eigenvalue weighted by Gasteiger charge is -2.15. The molecule has 2 heterocycles. The first-order chi connectivity index (χ1) is 14.4. The number of carbonyl (C=O) groups excluding carboxylic acids is 1. The van der Waals surface area contributed by atoms with Crippen LogP contribution in [0.3, 0.4) is 0 Å². The number of thiophene rings is 1. The molecule has 1 N–H and O–H groups in total. The van der Waals surface area contributed by atoms with Gasteiger partial charge in [0.05, 0.1) is 22.2 Å². The first kappa shape index (κ1) is 22.2. The largest absolute Gasteiger partial charge is 0.466 e. The Labute approximate surface area is 186 Å². The molecule has 0 fully saturated rings. The minimum atomic E-state index is -0.218. The van der Waals surface area contributed by atoms with Gasteiger partial charge in [-0.05, 0) is 56.0 Å². The predicted octanol–water partition coefficient (Wildman–Crippen LogP) is 6.14. The number of aryl methyl sites for hydroxylation is 2. The Balaban J connectivity index is 1.90. The molecule has 0 saturated carbocycles. The maximum absolute atomic E-state index is 11.7. The third kappa shape index (κ3) is 5.18. The molecule has 0 amide bonds. The highest BCUT2D eigenvalue weighted by Crippen LogP contribution is 2.34. The van der Waals surface area contributed by atoms with E-state index in [4.69, 9.17) is 26.3 Å². The smallest absolute Gasteiger partial charge is 0.310 e. The van der Waals surface area contributed by atoms with Crippen LogP contribution < -0.4 is 5.32 Å². The SMILES string of the molecule is CCOC(=O)Cc1ccc(Nc2nc(-c3cc(C)c(Cl)s3)nc(CC)c2CC)cc1. The number of ether oxygens (including phenoxy) is 1. The van der Waals surface area contributed by atoms with E-state index in [0.717, 1.165) is 55.9 Å². The van der Waals surface area contributed by atoms with E-state index in [9.17, 15) is 4.79 Å². The van der Waals surface area contributed by atoms with Crippen LogP contribution >= 0.6 is 22.9 Å². The molecule has 158 valence electrons. The Morgan fingerprint density at radius 1 is 1.13 bits per heavy atom. The van der Waals surface area contributed by atoms with Gasteiger partial charge in [0.25, 0.3) is 0 Å². The van der Waals surface area contributed by atoms with Crippen molar-refractivity contribution in [2.45, 2.75) is 47.0 Å². The molecule has 0 bridgehead atoms.